The van der Waals surface area contributed by atoms with E-state index < -0.39 is 10.0 Å². The number of amides is 1. The van der Waals surface area contributed by atoms with Crippen molar-refractivity contribution in [3.05, 3.63) is 23.3 Å². The zero-order valence-corrected chi connectivity index (χ0v) is 22.9. The molecule has 198 valence electrons. The number of rotatable bonds is 10. The van der Waals surface area contributed by atoms with Crippen LogP contribution in [-0.2, 0) is 19.6 Å². The molecule has 1 saturated carbocycles. The summed E-state index contributed by atoms with van der Waals surface area (Å²) in [5, 5.41) is 0. The molecule has 1 amide bonds. The Labute approximate surface area is 211 Å². The minimum absolute atomic E-state index is 0.0410. The predicted octanol–water partition coefficient (Wildman–Crippen LogP) is 1.58. The summed E-state index contributed by atoms with van der Waals surface area (Å²) in [4.78, 5) is 19.7. The summed E-state index contributed by atoms with van der Waals surface area (Å²) in [5.41, 5.74) is 1.27. The zero-order chi connectivity index (χ0) is 25.8. The summed E-state index contributed by atoms with van der Waals surface area (Å²) in [6, 6.07) is 4.22. The molecule has 1 saturated heterocycles. The third-order valence-corrected chi connectivity index (χ3v) is 9.65. The third-order valence-electron chi connectivity index (χ3n) is 7.49. The van der Waals surface area contributed by atoms with Gasteiger partial charge in [-0.25, -0.2) is 8.42 Å². The molecule has 2 aliphatic rings. The predicted molar refractivity (Wildman–Crippen MR) is 136 cm³/mol. The molecule has 1 heterocycles. The van der Waals surface area contributed by atoms with Gasteiger partial charge in [0.05, 0.1) is 18.6 Å². The maximum Gasteiger partial charge on any atom is 0.248 e. The lowest BCUT2D eigenvalue weighted by atomic mass is 10.1. The maximum atomic E-state index is 13.1. The van der Waals surface area contributed by atoms with Crippen LogP contribution in [0.2, 0.25) is 0 Å². The molecule has 35 heavy (non-hydrogen) atoms. The van der Waals surface area contributed by atoms with Gasteiger partial charge in [-0.2, -0.15) is 4.31 Å². The van der Waals surface area contributed by atoms with Crippen LogP contribution in [0.3, 0.4) is 0 Å². The first-order valence-corrected chi connectivity index (χ1v) is 13.9. The van der Waals surface area contributed by atoms with Crippen molar-refractivity contribution in [2.24, 2.45) is 0 Å². The molecule has 1 aromatic rings. The molecule has 0 spiro atoms. The molecule has 0 N–H and O–H groups in total. The lowest BCUT2D eigenvalue weighted by molar-refractivity contribution is -0.136. The Kier molecular flexibility index (Phi) is 9.56. The van der Waals surface area contributed by atoms with Crippen molar-refractivity contribution in [2.45, 2.75) is 50.1 Å². The van der Waals surface area contributed by atoms with E-state index in [0.29, 0.717) is 22.9 Å². The third kappa shape index (κ3) is 6.74. The molecule has 2 fully saturated rings. The SMILES string of the molecule is COc1cc(C)c(S(=O)(=O)N(C)CCOCC(=O)N(C)[C@H]2CC[C@@H](N3CCN(C)CC3)C2)c(C)c1. The first-order chi connectivity index (χ1) is 16.5. The van der Waals surface area contributed by atoms with Crippen LogP contribution in [0.4, 0.5) is 0 Å². The maximum absolute atomic E-state index is 13.1. The highest BCUT2D eigenvalue weighted by Gasteiger charge is 2.34. The molecule has 2 atom stereocenters. The number of carbonyl (C=O) groups is 1. The topological polar surface area (TPSA) is 82.6 Å². The number of aryl methyl sites for hydroxylation is 2. The molecule has 0 radical (unpaired) electrons. The summed E-state index contributed by atoms with van der Waals surface area (Å²) in [6.07, 6.45) is 3.15. The van der Waals surface area contributed by atoms with Crippen molar-refractivity contribution in [2.75, 3.05) is 74.2 Å². The molecule has 1 aromatic carbocycles. The molecule has 0 unspecified atom stereocenters. The summed E-state index contributed by atoms with van der Waals surface area (Å²) < 4.78 is 38.3. The number of likely N-dealkylation sites (N-methyl/N-ethyl adjacent to an activating group) is 3. The first kappa shape index (κ1) is 27.9. The summed E-state index contributed by atoms with van der Waals surface area (Å²) >= 11 is 0. The number of piperazine rings is 1. The lowest BCUT2D eigenvalue weighted by Crippen LogP contribution is -2.48. The molecule has 3 rings (SSSR count). The van der Waals surface area contributed by atoms with Crippen LogP contribution in [0.5, 0.6) is 5.75 Å². The lowest BCUT2D eigenvalue weighted by Gasteiger charge is -2.36. The largest absolute Gasteiger partial charge is 0.497 e. The van der Waals surface area contributed by atoms with Crippen LogP contribution >= 0.6 is 0 Å². The smallest absolute Gasteiger partial charge is 0.248 e. The molecule has 9 nitrogen and oxygen atoms in total. The highest BCUT2D eigenvalue weighted by atomic mass is 32.2. The van der Waals surface area contributed by atoms with Crippen LogP contribution in [0.1, 0.15) is 30.4 Å². The minimum Gasteiger partial charge on any atom is -0.497 e. The molecule has 10 heteroatoms. The molecular formula is C25H42N4O5S. The van der Waals surface area contributed by atoms with Crippen LogP contribution in [-0.4, -0.2) is 120 Å². The van der Waals surface area contributed by atoms with Gasteiger partial charge in [-0.05, 0) is 63.4 Å². The van der Waals surface area contributed by atoms with Crippen molar-refractivity contribution in [1.82, 2.24) is 19.0 Å². The Hall–Kier alpha value is -1.72. The van der Waals surface area contributed by atoms with Gasteiger partial charge < -0.3 is 19.3 Å². The number of hydrogen-bond acceptors (Lipinski definition) is 7. The van der Waals surface area contributed by atoms with E-state index in [-0.39, 0.29) is 36.6 Å². The highest BCUT2D eigenvalue weighted by molar-refractivity contribution is 7.89. The van der Waals surface area contributed by atoms with Gasteiger partial charge >= 0.3 is 0 Å². The van der Waals surface area contributed by atoms with E-state index in [9.17, 15) is 13.2 Å². The van der Waals surface area contributed by atoms with Crippen LogP contribution in [0.25, 0.3) is 0 Å². The van der Waals surface area contributed by atoms with Crippen molar-refractivity contribution < 1.29 is 22.7 Å². The van der Waals surface area contributed by atoms with E-state index in [1.807, 2.05) is 11.9 Å². The molecule has 0 bridgehead atoms. The van der Waals surface area contributed by atoms with Crippen LogP contribution in [0, 0.1) is 13.8 Å². The van der Waals surface area contributed by atoms with E-state index in [1.165, 1.54) is 11.4 Å². The molecule has 0 aromatic heterocycles. The Balaban J connectivity index is 1.44. The highest BCUT2D eigenvalue weighted by Crippen LogP contribution is 2.29. The second-order valence-electron chi connectivity index (χ2n) is 9.93. The number of hydrogen-bond donors (Lipinski definition) is 0. The van der Waals surface area contributed by atoms with Crippen molar-refractivity contribution in [3.63, 3.8) is 0 Å². The Morgan fingerprint density at radius 1 is 1.09 bits per heavy atom. The van der Waals surface area contributed by atoms with Crippen molar-refractivity contribution in [3.8, 4) is 5.75 Å². The van der Waals surface area contributed by atoms with E-state index in [4.69, 9.17) is 9.47 Å². The number of nitrogens with zero attached hydrogens (tertiary/aromatic N) is 4. The van der Waals surface area contributed by atoms with Gasteiger partial charge in [-0.1, -0.05) is 0 Å². The normalized spacial score (nSPS) is 22.0. The second-order valence-corrected chi connectivity index (χ2v) is 11.9. The average Bonchev–Trinajstić information content (AvgIpc) is 3.31. The Morgan fingerprint density at radius 2 is 1.71 bits per heavy atom. The Bertz CT molecular complexity index is 955. The first-order valence-electron chi connectivity index (χ1n) is 12.4. The molecule has 1 aliphatic heterocycles. The van der Waals surface area contributed by atoms with Crippen LogP contribution < -0.4 is 4.74 Å². The fourth-order valence-corrected chi connectivity index (χ4v) is 6.73. The number of benzene rings is 1. The number of sulfonamides is 1. The van der Waals surface area contributed by atoms with Gasteiger partial charge in [0.25, 0.3) is 0 Å². The average molecular weight is 511 g/mol. The Morgan fingerprint density at radius 3 is 2.31 bits per heavy atom. The van der Waals surface area contributed by atoms with Gasteiger partial charge in [-0.3, -0.25) is 9.69 Å². The molecular weight excluding hydrogens is 468 g/mol. The van der Waals surface area contributed by atoms with Gasteiger partial charge in [0.15, 0.2) is 0 Å². The summed E-state index contributed by atoms with van der Waals surface area (Å²) in [6.45, 7) is 8.20. The van der Waals surface area contributed by atoms with Gasteiger partial charge in [0.1, 0.15) is 12.4 Å². The fraction of sp³-hybridized carbons (Fsp3) is 0.720. The standard InChI is InChI=1S/C25H42N4O5S/c1-19-15-23(33-6)16-20(2)25(19)35(31,32)27(4)13-14-34-18-24(30)28(5)21-7-8-22(17-21)29-11-9-26(3)10-12-29/h15-16,21-22H,7-14,17-18H2,1-6H3/t21-,22+/m0/s1. The number of carbonyl (C=O) groups excluding carboxylic acids is 1. The van der Waals surface area contributed by atoms with E-state index in [0.717, 1.165) is 45.4 Å². The van der Waals surface area contributed by atoms with E-state index in [1.54, 1.807) is 33.1 Å². The van der Waals surface area contributed by atoms with Gasteiger partial charge in [0.2, 0.25) is 15.9 Å². The summed E-state index contributed by atoms with van der Waals surface area (Å²) in [7, 11) is 3.43. The van der Waals surface area contributed by atoms with Crippen LogP contribution in [0.15, 0.2) is 17.0 Å². The fourth-order valence-electron chi connectivity index (χ4n) is 5.17. The van der Waals surface area contributed by atoms with Gasteiger partial charge in [0, 0.05) is 58.9 Å². The van der Waals surface area contributed by atoms with Gasteiger partial charge in [-0.15, -0.1) is 0 Å². The van der Waals surface area contributed by atoms with E-state index in [2.05, 4.69) is 16.8 Å². The van der Waals surface area contributed by atoms with Crippen molar-refractivity contribution >= 4 is 15.9 Å². The quantitative estimate of drug-likeness (QED) is 0.442. The number of methoxy groups -OCH3 is 1. The minimum atomic E-state index is -3.68. The van der Waals surface area contributed by atoms with E-state index >= 15 is 0 Å². The second kappa shape index (κ2) is 12.0. The zero-order valence-electron chi connectivity index (χ0n) is 22.1. The van der Waals surface area contributed by atoms with Crippen molar-refractivity contribution in [1.29, 1.82) is 0 Å². The molecule has 1 aliphatic carbocycles. The monoisotopic (exact) mass is 510 g/mol. The number of ether oxygens (including phenoxy) is 2. The summed E-state index contributed by atoms with van der Waals surface area (Å²) in [5.74, 6) is 0.575.